The Morgan fingerprint density at radius 2 is 1.60 bits per heavy atom. The molecular formula is C35H35BrN4O7. The van der Waals surface area contributed by atoms with Gasteiger partial charge in [0.25, 0.3) is 0 Å². The van der Waals surface area contributed by atoms with Gasteiger partial charge >= 0.3 is 11.8 Å². The summed E-state index contributed by atoms with van der Waals surface area (Å²) in [5.41, 5.74) is 2.93. The summed E-state index contributed by atoms with van der Waals surface area (Å²) in [6.07, 6.45) is -0.578. The van der Waals surface area contributed by atoms with Crippen molar-refractivity contribution in [3.63, 3.8) is 0 Å². The minimum absolute atomic E-state index is 0.127. The molecule has 0 spiro atoms. The monoisotopic (exact) mass is 702 g/mol. The van der Waals surface area contributed by atoms with E-state index in [2.05, 4.69) is 31.9 Å². The van der Waals surface area contributed by atoms with Crippen LogP contribution >= 0.6 is 15.9 Å². The molecule has 0 saturated carbocycles. The zero-order valence-electron chi connectivity index (χ0n) is 25.4. The van der Waals surface area contributed by atoms with Crippen LogP contribution in [-0.2, 0) is 16.0 Å². The molecule has 47 heavy (non-hydrogen) atoms. The summed E-state index contributed by atoms with van der Waals surface area (Å²) in [5, 5.41) is 30.0. The first-order valence-corrected chi connectivity index (χ1v) is 16.0. The minimum Gasteiger partial charge on any atom is -0.484 e. The molecule has 1 saturated heterocycles. The smallest absolute Gasteiger partial charge is 0.405 e. The first-order chi connectivity index (χ1) is 22.8. The first kappa shape index (κ1) is 33.6. The van der Waals surface area contributed by atoms with Gasteiger partial charge in [0.2, 0.25) is 5.91 Å². The number of rotatable bonds is 13. The lowest BCUT2D eigenvalue weighted by molar-refractivity contribution is -0.386. The first-order valence-electron chi connectivity index (χ1n) is 15.2. The second-order valence-corrected chi connectivity index (χ2v) is 12.0. The number of carboxylic acid groups (broad SMARTS) is 1. The molecule has 4 aromatic carbocycles. The number of hydrogen-bond donors (Lipinski definition) is 4. The Hall–Kier alpha value is -4.78. The van der Waals surface area contributed by atoms with E-state index in [1.807, 2.05) is 78.9 Å². The van der Waals surface area contributed by atoms with Crippen LogP contribution in [0.2, 0.25) is 0 Å². The Morgan fingerprint density at radius 3 is 2.26 bits per heavy atom. The number of amides is 2. The topological polar surface area (TPSA) is 152 Å². The van der Waals surface area contributed by atoms with Crippen molar-refractivity contribution in [1.82, 2.24) is 10.6 Å². The Bertz CT molecular complexity index is 1640. The molecule has 5 rings (SSSR count). The van der Waals surface area contributed by atoms with Gasteiger partial charge in [-0.25, -0.2) is 4.79 Å². The van der Waals surface area contributed by atoms with Crippen molar-refractivity contribution in [2.75, 3.05) is 25.0 Å². The van der Waals surface area contributed by atoms with Crippen LogP contribution in [0.1, 0.15) is 29.0 Å². The highest BCUT2D eigenvalue weighted by Gasteiger charge is 2.33. The van der Waals surface area contributed by atoms with Gasteiger partial charge in [0.05, 0.1) is 11.0 Å². The Balaban J connectivity index is 1.25. The predicted octanol–water partition coefficient (Wildman–Crippen LogP) is 6.13. The molecule has 1 fully saturated rings. The third kappa shape index (κ3) is 9.16. The van der Waals surface area contributed by atoms with Crippen LogP contribution in [-0.4, -0.2) is 60.0 Å². The number of nitro benzene ring substituents is 1. The molecule has 3 atom stereocenters. The number of aryl methyl sites for hydroxylation is 1. The summed E-state index contributed by atoms with van der Waals surface area (Å²) in [6.45, 7) is 1.29. The molecule has 1 aliphatic heterocycles. The fourth-order valence-electron chi connectivity index (χ4n) is 5.70. The van der Waals surface area contributed by atoms with Crippen LogP contribution in [0.4, 0.5) is 16.2 Å². The van der Waals surface area contributed by atoms with Crippen molar-refractivity contribution >= 4 is 39.3 Å². The maximum Gasteiger partial charge on any atom is 0.405 e. The molecule has 0 radical (unpaired) electrons. The van der Waals surface area contributed by atoms with Crippen molar-refractivity contribution in [2.24, 2.45) is 0 Å². The van der Waals surface area contributed by atoms with E-state index in [0.29, 0.717) is 36.1 Å². The van der Waals surface area contributed by atoms with Crippen LogP contribution in [0.15, 0.2) is 108 Å². The third-order valence-corrected chi connectivity index (χ3v) is 8.39. The van der Waals surface area contributed by atoms with Crippen LogP contribution in [0.25, 0.3) is 0 Å². The minimum atomic E-state index is -1.30. The molecule has 12 heteroatoms. The van der Waals surface area contributed by atoms with Crippen molar-refractivity contribution in [3.05, 3.63) is 134 Å². The number of ether oxygens (including phenoxy) is 2. The average molecular weight is 704 g/mol. The van der Waals surface area contributed by atoms with E-state index in [9.17, 15) is 24.8 Å². The molecule has 4 aromatic rings. The molecule has 1 heterocycles. The lowest BCUT2D eigenvalue weighted by atomic mass is 9.84. The van der Waals surface area contributed by atoms with Gasteiger partial charge < -0.3 is 30.5 Å². The highest BCUT2D eigenvalue weighted by Crippen LogP contribution is 2.31. The highest BCUT2D eigenvalue weighted by atomic mass is 79.9. The van der Waals surface area contributed by atoms with E-state index in [1.54, 1.807) is 18.2 Å². The summed E-state index contributed by atoms with van der Waals surface area (Å²) in [6, 6.07) is 29.7. The van der Waals surface area contributed by atoms with Crippen molar-refractivity contribution in [1.29, 1.82) is 0 Å². The summed E-state index contributed by atoms with van der Waals surface area (Å²) in [4.78, 5) is 36.8. The summed E-state index contributed by atoms with van der Waals surface area (Å²) in [7, 11) is 0. The lowest BCUT2D eigenvalue weighted by Crippen LogP contribution is -2.47. The molecule has 4 N–H and O–H groups in total. The molecule has 0 aliphatic carbocycles. The van der Waals surface area contributed by atoms with E-state index >= 15 is 0 Å². The summed E-state index contributed by atoms with van der Waals surface area (Å²) < 4.78 is 12.6. The highest BCUT2D eigenvalue weighted by molar-refractivity contribution is 9.10. The van der Waals surface area contributed by atoms with Gasteiger partial charge in [-0.15, -0.1) is 0 Å². The number of anilines is 1. The van der Waals surface area contributed by atoms with Crippen LogP contribution < -0.4 is 20.7 Å². The largest absolute Gasteiger partial charge is 0.484 e. The zero-order valence-corrected chi connectivity index (χ0v) is 27.0. The van der Waals surface area contributed by atoms with Gasteiger partial charge in [-0.05, 0) is 47.7 Å². The van der Waals surface area contributed by atoms with E-state index in [-0.39, 0.29) is 30.3 Å². The van der Waals surface area contributed by atoms with E-state index in [4.69, 9.17) is 9.47 Å². The molecule has 0 bridgehead atoms. The van der Waals surface area contributed by atoms with Gasteiger partial charge in [0.15, 0.2) is 5.75 Å². The second kappa shape index (κ2) is 16.2. The molecule has 1 aliphatic rings. The van der Waals surface area contributed by atoms with E-state index in [1.165, 1.54) is 6.07 Å². The van der Waals surface area contributed by atoms with Gasteiger partial charge in [0, 0.05) is 35.2 Å². The molecule has 0 aromatic heterocycles. The Labute approximate surface area is 280 Å². The number of morpholine rings is 1. The maximum absolute atomic E-state index is 13.9. The Kier molecular flexibility index (Phi) is 11.6. The SMILES string of the molecule is O=C(O)NC(C(=O)Nc1ccccc1CC[C@@H]1CNC[C@@H](COc2ccc(Br)cc2[N+](=O)[O-])O1)C(c1ccccc1)c1ccccc1. The predicted molar refractivity (Wildman–Crippen MR) is 181 cm³/mol. The van der Waals surface area contributed by atoms with E-state index in [0.717, 1.165) is 16.7 Å². The number of nitrogens with one attached hydrogen (secondary N) is 3. The maximum atomic E-state index is 13.9. The van der Waals surface area contributed by atoms with Gasteiger partial charge in [-0.2, -0.15) is 0 Å². The number of nitrogens with zero attached hydrogens (tertiary/aromatic N) is 1. The summed E-state index contributed by atoms with van der Waals surface area (Å²) in [5.74, 6) is -0.876. The number of carbonyl (C=O) groups is 2. The van der Waals surface area contributed by atoms with Crippen LogP contribution in [0.5, 0.6) is 5.75 Å². The van der Waals surface area contributed by atoms with Crippen molar-refractivity contribution in [3.8, 4) is 5.75 Å². The number of nitro groups is 1. The fourth-order valence-corrected chi connectivity index (χ4v) is 6.05. The fraction of sp³-hybridized carbons (Fsp3) is 0.257. The normalized spacial score (nSPS) is 16.6. The molecule has 2 amide bonds. The van der Waals surface area contributed by atoms with Crippen molar-refractivity contribution in [2.45, 2.75) is 37.0 Å². The third-order valence-electron chi connectivity index (χ3n) is 7.89. The standard InChI is InChI=1S/C35H35BrN4O7/c36-26-16-18-31(30(19-26)40(44)45)46-22-28-21-37-20-27(47-28)17-15-23-9-7-8-14-29(23)38-34(41)33(39-35(42)43)32(24-10-3-1-4-11-24)25-12-5-2-6-13-25/h1-14,16,18-19,27-28,32-33,37,39H,15,17,20-22H2,(H,38,41)(H,42,43)/t27-,28+,33?/m1/s1. The second-order valence-electron chi connectivity index (χ2n) is 11.1. The van der Waals surface area contributed by atoms with Crippen LogP contribution in [0.3, 0.4) is 0 Å². The van der Waals surface area contributed by atoms with Gasteiger partial charge in [0.1, 0.15) is 18.8 Å². The number of halogens is 1. The number of carbonyl (C=O) groups excluding carboxylic acids is 1. The number of hydrogen-bond acceptors (Lipinski definition) is 7. The number of para-hydroxylation sites is 1. The molecule has 11 nitrogen and oxygen atoms in total. The van der Waals surface area contributed by atoms with Crippen molar-refractivity contribution < 1.29 is 29.1 Å². The summed E-state index contributed by atoms with van der Waals surface area (Å²) >= 11 is 3.25. The lowest BCUT2D eigenvalue weighted by Gasteiger charge is -2.31. The van der Waals surface area contributed by atoms with Gasteiger partial charge in [-0.1, -0.05) is 94.8 Å². The quantitative estimate of drug-likeness (QED) is 0.0959. The van der Waals surface area contributed by atoms with E-state index < -0.39 is 28.9 Å². The molecular weight excluding hydrogens is 668 g/mol. The van der Waals surface area contributed by atoms with Gasteiger partial charge in [-0.3, -0.25) is 14.9 Å². The molecule has 1 unspecified atom stereocenters. The number of benzene rings is 4. The van der Waals surface area contributed by atoms with Crippen LogP contribution in [0, 0.1) is 10.1 Å². The molecule has 244 valence electrons. The zero-order chi connectivity index (χ0) is 33.2. The average Bonchev–Trinajstić information content (AvgIpc) is 3.08. The Morgan fingerprint density at radius 1 is 0.957 bits per heavy atom.